The van der Waals surface area contributed by atoms with Gasteiger partial charge in [0.2, 0.25) is 11.7 Å². The zero-order valence-electron chi connectivity index (χ0n) is 19.7. The summed E-state index contributed by atoms with van der Waals surface area (Å²) in [6.07, 6.45) is 3.02. The van der Waals surface area contributed by atoms with Crippen LogP contribution < -0.4 is 16.0 Å². The molecule has 182 valence electrons. The number of amides is 3. The molecule has 9 heteroatoms. The molecule has 3 N–H and O–H groups in total. The van der Waals surface area contributed by atoms with Gasteiger partial charge in [-0.25, -0.2) is 4.79 Å². The van der Waals surface area contributed by atoms with Crippen LogP contribution in [0.1, 0.15) is 44.7 Å². The van der Waals surface area contributed by atoms with Gasteiger partial charge < -0.3 is 20.7 Å². The van der Waals surface area contributed by atoms with Crippen LogP contribution in [0.5, 0.6) is 0 Å². The lowest BCUT2D eigenvalue weighted by Crippen LogP contribution is -2.54. The number of rotatable bonds is 12. The van der Waals surface area contributed by atoms with Gasteiger partial charge in [0, 0.05) is 18.9 Å². The molecule has 1 aromatic heterocycles. The normalized spacial score (nSPS) is 12.4. The maximum absolute atomic E-state index is 12.9. The number of ether oxygens (including phenoxy) is 1. The van der Waals surface area contributed by atoms with Crippen LogP contribution in [0.15, 0.2) is 54.9 Å². The van der Waals surface area contributed by atoms with Crippen molar-refractivity contribution in [2.75, 3.05) is 0 Å². The predicted octanol–water partition coefficient (Wildman–Crippen LogP) is 2.50. The lowest BCUT2D eigenvalue weighted by atomic mass is 10.0. The number of nitrogens with zero attached hydrogens (tertiary/aromatic N) is 1. The predicted molar refractivity (Wildman–Crippen MR) is 126 cm³/mol. The van der Waals surface area contributed by atoms with Crippen LogP contribution in [0.2, 0.25) is 0 Å². The van der Waals surface area contributed by atoms with E-state index in [1.54, 1.807) is 31.5 Å². The molecule has 0 saturated heterocycles. The lowest BCUT2D eigenvalue weighted by molar-refractivity contribution is -0.140. The number of aromatic nitrogens is 1. The van der Waals surface area contributed by atoms with Crippen LogP contribution in [-0.2, 0) is 32.3 Å². The van der Waals surface area contributed by atoms with Gasteiger partial charge in [0.25, 0.3) is 5.91 Å². The number of pyridine rings is 1. The minimum atomic E-state index is -1.02. The zero-order valence-corrected chi connectivity index (χ0v) is 19.7. The Kier molecular flexibility index (Phi) is 10.7. The van der Waals surface area contributed by atoms with E-state index in [1.807, 2.05) is 44.2 Å². The first kappa shape index (κ1) is 26.5. The summed E-state index contributed by atoms with van der Waals surface area (Å²) in [4.78, 5) is 54.1. The fourth-order valence-electron chi connectivity index (χ4n) is 3.17. The Morgan fingerprint density at radius 2 is 1.65 bits per heavy atom. The number of Topliss-reactive ketones (excluding diaryl/α,β-unsaturated/α-hetero) is 1. The van der Waals surface area contributed by atoms with Crippen molar-refractivity contribution in [3.05, 3.63) is 66.0 Å². The first-order valence-corrected chi connectivity index (χ1v) is 11.3. The minimum Gasteiger partial charge on any atom is -0.445 e. The Bertz CT molecular complexity index is 950. The number of hydrogen-bond acceptors (Lipinski definition) is 6. The number of benzene rings is 1. The number of hydrogen-bond donors (Lipinski definition) is 3. The maximum Gasteiger partial charge on any atom is 0.408 e. The van der Waals surface area contributed by atoms with E-state index in [2.05, 4.69) is 20.9 Å². The molecule has 0 aliphatic carbocycles. The van der Waals surface area contributed by atoms with Gasteiger partial charge in [-0.1, -0.05) is 57.2 Å². The van der Waals surface area contributed by atoms with Crippen molar-refractivity contribution < 1.29 is 23.9 Å². The highest BCUT2D eigenvalue weighted by Gasteiger charge is 2.29. The molecule has 1 aromatic carbocycles. The maximum atomic E-state index is 12.9. The first-order valence-electron chi connectivity index (χ1n) is 11.3. The van der Waals surface area contributed by atoms with Gasteiger partial charge in [-0.3, -0.25) is 19.4 Å². The second-order valence-corrected chi connectivity index (χ2v) is 8.27. The average molecular weight is 469 g/mol. The molecule has 3 amide bonds. The average Bonchev–Trinajstić information content (AvgIpc) is 2.84. The molecular formula is C25H32N4O5. The lowest BCUT2D eigenvalue weighted by Gasteiger charge is -2.23. The number of alkyl carbamates (subject to hydrolysis) is 1. The fourth-order valence-corrected chi connectivity index (χ4v) is 3.17. The Morgan fingerprint density at radius 3 is 2.26 bits per heavy atom. The van der Waals surface area contributed by atoms with Crippen LogP contribution in [0.4, 0.5) is 4.79 Å². The van der Waals surface area contributed by atoms with Gasteiger partial charge in [-0.2, -0.15) is 0 Å². The topological polar surface area (TPSA) is 126 Å². The summed E-state index contributed by atoms with van der Waals surface area (Å²) in [7, 11) is 0. The monoisotopic (exact) mass is 468 g/mol. The van der Waals surface area contributed by atoms with Crippen LogP contribution in [0.25, 0.3) is 0 Å². The molecule has 0 radical (unpaired) electrons. The summed E-state index contributed by atoms with van der Waals surface area (Å²) in [6.45, 7) is 5.72. The smallest absolute Gasteiger partial charge is 0.408 e. The fraction of sp³-hybridized carbons (Fsp3) is 0.400. The molecule has 0 saturated carbocycles. The molecule has 34 heavy (non-hydrogen) atoms. The Labute approximate surface area is 199 Å². The van der Waals surface area contributed by atoms with Crippen molar-refractivity contribution in [3.8, 4) is 0 Å². The Balaban J connectivity index is 1.93. The van der Waals surface area contributed by atoms with Crippen molar-refractivity contribution in [1.82, 2.24) is 20.9 Å². The van der Waals surface area contributed by atoms with E-state index in [1.165, 1.54) is 0 Å². The summed E-state index contributed by atoms with van der Waals surface area (Å²) in [5.74, 6) is -2.02. The number of nitrogens with one attached hydrogen (secondary N) is 3. The number of carbonyl (C=O) groups excluding carboxylic acids is 4. The van der Waals surface area contributed by atoms with Crippen molar-refractivity contribution in [1.29, 1.82) is 0 Å². The van der Waals surface area contributed by atoms with Gasteiger partial charge in [0.15, 0.2) is 0 Å². The molecule has 2 aromatic rings. The van der Waals surface area contributed by atoms with Gasteiger partial charge >= 0.3 is 6.09 Å². The van der Waals surface area contributed by atoms with Crippen molar-refractivity contribution in [2.45, 2.75) is 58.8 Å². The van der Waals surface area contributed by atoms with Crippen LogP contribution in [-0.4, -0.2) is 40.8 Å². The van der Waals surface area contributed by atoms with E-state index in [0.717, 1.165) is 11.1 Å². The van der Waals surface area contributed by atoms with Crippen molar-refractivity contribution >= 4 is 23.7 Å². The van der Waals surface area contributed by atoms with Gasteiger partial charge in [0.1, 0.15) is 12.6 Å². The standard InChI is InChI=1S/C25H32N4O5/c1-4-20(22(30)24(32)27-15-19-11-8-12-26-14-19)28-23(31)21(13-17(2)3)29-25(33)34-16-18-9-6-5-7-10-18/h5-12,14,17,20-21H,4,13,15-16H2,1-3H3,(H,27,32)(H,28,31)(H,29,33)/t20?,21-/m0/s1. The highest BCUT2D eigenvalue weighted by atomic mass is 16.5. The quantitative estimate of drug-likeness (QED) is 0.411. The molecule has 0 spiro atoms. The minimum absolute atomic E-state index is 0.0653. The highest BCUT2D eigenvalue weighted by Crippen LogP contribution is 2.08. The number of ketones is 1. The molecule has 9 nitrogen and oxygen atoms in total. The van der Waals surface area contributed by atoms with Crippen LogP contribution >= 0.6 is 0 Å². The molecule has 0 aliphatic heterocycles. The SMILES string of the molecule is CCC(NC(=O)[C@H](CC(C)C)NC(=O)OCc1ccccc1)C(=O)C(=O)NCc1cccnc1. The third kappa shape index (κ3) is 9.01. The van der Waals surface area contributed by atoms with Gasteiger partial charge in [-0.15, -0.1) is 0 Å². The molecule has 2 rings (SSSR count). The molecule has 0 fully saturated rings. The van der Waals surface area contributed by atoms with E-state index in [0.29, 0.717) is 6.42 Å². The molecular weight excluding hydrogens is 436 g/mol. The highest BCUT2D eigenvalue weighted by molar-refractivity contribution is 6.38. The molecule has 0 bridgehead atoms. The summed E-state index contributed by atoms with van der Waals surface area (Å²) < 4.78 is 5.22. The largest absolute Gasteiger partial charge is 0.445 e. The zero-order chi connectivity index (χ0) is 24.9. The molecule has 1 heterocycles. The van der Waals surface area contributed by atoms with E-state index in [9.17, 15) is 19.2 Å². The third-order valence-corrected chi connectivity index (χ3v) is 4.97. The van der Waals surface area contributed by atoms with E-state index >= 15 is 0 Å². The van der Waals surface area contributed by atoms with Crippen molar-refractivity contribution in [3.63, 3.8) is 0 Å². The molecule has 2 atom stereocenters. The first-order chi connectivity index (χ1) is 16.3. The summed E-state index contributed by atoms with van der Waals surface area (Å²) >= 11 is 0. The van der Waals surface area contributed by atoms with E-state index in [-0.39, 0.29) is 25.5 Å². The number of carbonyl (C=O) groups is 4. The van der Waals surface area contributed by atoms with Crippen LogP contribution in [0, 0.1) is 5.92 Å². The molecule has 1 unspecified atom stereocenters. The van der Waals surface area contributed by atoms with Gasteiger partial charge in [-0.05, 0) is 36.0 Å². The Morgan fingerprint density at radius 1 is 0.941 bits per heavy atom. The summed E-state index contributed by atoms with van der Waals surface area (Å²) in [5.41, 5.74) is 1.56. The van der Waals surface area contributed by atoms with Crippen molar-refractivity contribution in [2.24, 2.45) is 5.92 Å². The van der Waals surface area contributed by atoms with E-state index < -0.39 is 35.8 Å². The van der Waals surface area contributed by atoms with Gasteiger partial charge in [0.05, 0.1) is 6.04 Å². The summed E-state index contributed by atoms with van der Waals surface area (Å²) in [6, 6.07) is 10.7. The Hall–Kier alpha value is -3.75. The second-order valence-electron chi connectivity index (χ2n) is 8.27. The van der Waals surface area contributed by atoms with Crippen LogP contribution in [0.3, 0.4) is 0 Å². The molecule has 0 aliphatic rings. The summed E-state index contributed by atoms with van der Waals surface area (Å²) in [5, 5.41) is 7.71. The third-order valence-electron chi connectivity index (χ3n) is 4.97. The second kappa shape index (κ2) is 13.7. The van der Waals surface area contributed by atoms with E-state index in [4.69, 9.17) is 4.74 Å².